The fraction of sp³-hybridized carbons (Fsp3) is 0.625. The van der Waals surface area contributed by atoms with Gasteiger partial charge in [0.15, 0.2) is 0 Å². The van der Waals surface area contributed by atoms with Crippen LogP contribution in [0.1, 0.15) is 12.8 Å². The summed E-state index contributed by atoms with van der Waals surface area (Å²) in [5.41, 5.74) is 9.98. The normalized spacial score (nSPS) is 11.9. The summed E-state index contributed by atoms with van der Waals surface area (Å²) in [5, 5.41) is 8.81. The van der Waals surface area contributed by atoms with Gasteiger partial charge in [-0.2, -0.15) is 0 Å². The standard InChI is InChI=1S/C8H15N3O4/c1-11(7(13)4-9)5(8(14)15)2-3-6(10)12/h5H,2-4,9H2,1H3,(H2,10,12)(H,14,15)/t5-/m0/s1. The van der Waals surface area contributed by atoms with Crippen molar-refractivity contribution in [2.75, 3.05) is 13.6 Å². The highest BCUT2D eigenvalue weighted by Gasteiger charge is 2.25. The van der Waals surface area contributed by atoms with Crippen molar-refractivity contribution in [2.24, 2.45) is 11.5 Å². The number of nitrogens with two attached hydrogens (primary N) is 2. The van der Waals surface area contributed by atoms with Crippen molar-refractivity contribution >= 4 is 17.8 Å². The fourth-order valence-electron chi connectivity index (χ4n) is 1.08. The summed E-state index contributed by atoms with van der Waals surface area (Å²) < 4.78 is 0. The molecule has 7 nitrogen and oxygen atoms in total. The molecule has 0 heterocycles. The number of hydrogen-bond acceptors (Lipinski definition) is 4. The first-order chi connectivity index (χ1) is 6.90. The van der Waals surface area contributed by atoms with E-state index in [0.29, 0.717) is 0 Å². The van der Waals surface area contributed by atoms with Crippen molar-refractivity contribution in [1.29, 1.82) is 0 Å². The maximum absolute atomic E-state index is 11.1. The number of hydrogen-bond donors (Lipinski definition) is 3. The van der Waals surface area contributed by atoms with Gasteiger partial charge in [0.1, 0.15) is 6.04 Å². The van der Waals surface area contributed by atoms with E-state index in [9.17, 15) is 14.4 Å². The number of primary amides is 1. The van der Waals surface area contributed by atoms with Crippen LogP contribution in [0.3, 0.4) is 0 Å². The molecule has 0 bridgehead atoms. The molecule has 0 aromatic rings. The molecule has 0 saturated heterocycles. The van der Waals surface area contributed by atoms with E-state index in [1.807, 2.05) is 0 Å². The first kappa shape index (κ1) is 13.4. The number of nitrogens with zero attached hydrogens (tertiary/aromatic N) is 1. The molecule has 0 aliphatic rings. The van der Waals surface area contributed by atoms with Gasteiger partial charge in [-0.15, -0.1) is 0 Å². The minimum atomic E-state index is -1.18. The van der Waals surface area contributed by atoms with Crippen molar-refractivity contribution in [2.45, 2.75) is 18.9 Å². The fourth-order valence-corrected chi connectivity index (χ4v) is 1.08. The van der Waals surface area contributed by atoms with Crippen LogP contribution < -0.4 is 11.5 Å². The molecule has 0 aromatic carbocycles. The molecule has 15 heavy (non-hydrogen) atoms. The van der Waals surface area contributed by atoms with Crippen molar-refractivity contribution in [3.05, 3.63) is 0 Å². The Balaban J connectivity index is 4.45. The summed E-state index contributed by atoms with van der Waals surface area (Å²) in [4.78, 5) is 33.4. The number of carbonyl (C=O) groups excluding carboxylic acids is 2. The van der Waals surface area contributed by atoms with Crippen molar-refractivity contribution < 1.29 is 19.5 Å². The SMILES string of the molecule is CN(C(=O)CN)[C@@H](CCC(N)=O)C(=O)O. The van der Waals surface area contributed by atoms with Crippen molar-refractivity contribution in [3.8, 4) is 0 Å². The maximum Gasteiger partial charge on any atom is 0.326 e. The zero-order chi connectivity index (χ0) is 12.0. The average Bonchev–Trinajstić information content (AvgIpc) is 2.15. The van der Waals surface area contributed by atoms with E-state index in [1.165, 1.54) is 7.05 Å². The second-order valence-corrected chi connectivity index (χ2v) is 3.07. The Morgan fingerprint density at radius 2 is 1.93 bits per heavy atom. The Morgan fingerprint density at radius 3 is 2.27 bits per heavy atom. The lowest BCUT2D eigenvalue weighted by Gasteiger charge is -2.23. The van der Waals surface area contributed by atoms with Gasteiger partial charge in [0, 0.05) is 13.5 Å². The monoisotopic (exact) mass is 217 g/mol. The van der Waals surface area contributed by atoms with Gasteiger partial charge in [0.25, 0.3) is 0 Å². The average molecular weight is 217 g/mol. The largest absolute Gasteiger partial charge is 0.480 e. The highest BCUT2D eigenvalue weighted by molar-refractivity contribution is 5.85. The van der Waals surface area contributed by atoms with Gasteiger partial charge in [-0.1, -0.05) is 0 Å². The highest BCUT2D eigenvalue weighted by atomic mass is 16.4. The maximum atomic E-state index is 11.1. The summed E-state index contributed by atoms with van der Waals surface area (Å²) in [6.45, 7) is -0.267. The molecular formula is C8H15N3O4. The van der Waals surface area contributed by atoms with Gasteiger partial charge in [0.05, 0.1) is 6.54 Å². The first-order valence-corrected chi connectivity index (χ1v) is 4.37. The summed E-state index contributed by atoms with van der Waals surface area (Å²) >= 11 is 0. The third-order valence-electron chi connectivity index (χ3n) is 1.98. The summed E-state index contributed by atoms with van der Waals surface area (Å²) in [5.74, 6) is -2.28. The van der Waals surface area contributed by atoms with Gasteiger partial charge in [-0.05, 0) is 6.42 Å². The van der Waals surface area contributed by atoms with Gasteiger partial charge in [0.2, 0.25) is 11.8 Å². The van der Waals surface area contributed by atoms with Crippen LogP contribution in [-0.4, -0.2) is 47.4 Å². The predicted molar refractivity (Wildman–Crippen MR) is 51.7 cm³/mol. The van der Waals surface area contributed by atoms with E-state index in [1.54, 1.807) is 0 Å². The molecule has 0 fully saturated rings. The number of amides is 2. The van der Waals surface area contributed by atoms with Crippen LogP contribution in [0.15, 0.2) is 0 Å². The molecule has 0 saturated carbocycles. The van der Waals surface area contributed by atoms with Crippen LogP contribution in [-0.2, 0) is 14.4 Å². The Kier molecular flexibility index (Phi) is 5.32. The van der Waals surface area contributed by atoms with Gasteiger partial charge < -0.3 is 21.5 Å². The van der Waals surface area contributed by atoms with Crippen LogP contribution in [0.25, 0.3) is 0 Å². The minimum absolute atomic E-state index is 0.00704. The van der Waals surface area contributed by atoms with Crippen molar-refractivity contribution in [1.82, 2.24) is 4.90 Å². The van der Waals surface area contributed by atoms with Crippen LogP contribution in [0, 0.1) is 0 Å². The van der Waals surface area contributed by atoms with E-state index in [2.05, 4.69) is 0 Å². The lowest BCUT2D eigenvalue weighted by Crippen LogP contribution is -2.45. The number of aliphatic carboxylic acids is 1. The van der Waals surface area contributed by atoms with Gasteiger partial charge >= 0.3 is 5.97 Å². The molecule has 86 valence electrons. The number of rotatable bonds is 6. The first-order valence-electron chi connectivity index (χ1n) is 4.37. The van der Waals surface area contributed by atoms with Crippen LogP contribution in [0.2, 0.25) is 0 Å². The quantitative estimate of drug-likeness (QED) is 0.480. The molecule has 0 spiro atoms. The molecule has 0 aromatic heterocycles. The molecule has 2 amide bonds. The Hall–Kier alpha value is -1.63. The topological polar surface area (TPSA) is 127 Å². The zero-order valence-corrected chi connectivity index (χ0v) is 8.47. The summed E-state index contributed by atoms with van der Waals surface area (Å²) in [7, 11) is 1.33. The molecule has 0 rings (SSSR count). The predicted octanol–water partition coefficient (Wildman–Crippen LogP) is -1.88. The smallest absolute Gasteiger partial charge is 0.326 e. The van der Waals surface area contributed by atoms with E-state index >= 15 is 0 Å². The Morgan fingerprint density at radius 1 is 1.40 bits per heavy atom. The molecule has 0 unspecified atom stereocenters. The van der Waals surface area contributed by atoms with Gasteiger partial charge in [-0.3, -0.25) is 9.59 Å². The molecular weight excluding hydrogens is 202 g/mol. The Labute approximate surface area is 87.0 Å². The molecule has 0 aliphatic heterocycles. The lowest BCUT2D eigenvalue weighted by atomic mass is 10.1. The van der Waals surface area contributed by atoms with E-state index in [4.69, 9.17) is 16.6 Å². The second-order valence-electron chi connectivity index (χ2n) is 3.07. The summed E-state index contributed by atoms with van der Waals surface area (Å²) in [6, 6.07) is -1.06. The highest BCUT2D eigenvalue weighted by Crippen LogP contribution is 2.05. The van der Waals surface area contributed by atoms with E-state index < -0.39 is 23.8 Å². The van der Waals surface area contributed by atoms with Crippen LogP contribution in [0.4, 0.5) is 0 Å². The molecule has 0 radical (unpaired) electrons. The zero-order valence-electron chi connectivity index (χ0n) is 8.47. The molecule has 1 atom stereocenters. The van der Waals surface area contributed by atoms with Gasteiger partial charge in [-0.25, -0.2) is 4.79 Å². The third-order valence-corrected chi connectivity index (χ3v) is 1.98. The number of carboxylic acids is 1. The molecule has 7 heteroatoms. The second kappa shape index (κ2) is 5.97. The van der Waals surface area contributed by atoms with Crippen LogP contribution in [0.5, 0.6) is 0 Å². The number of carboxylic acid groups (broad SMARTS) is 1. The number of likely N-dealkylation sites (N-methyl/N-ethyl adjacent to an activating group) is 1. The van der Waals surface area contributed by atoms with Crippen LogP contribution >= 0.6 is 0 Å². The lowest BCUT2D eigenvalue weighted by molar-refractivity contribution is -0.149. The third kappa shape index (κ3) is 4.41. The minimum Gasteiger partial charge on any atom is -0.480 e. The number of carbonyl (C=O) groups is 3. The molecule has 5 N–H and O–H groups in total. The van der Waals surface area contributed by atoms with E-state index in [-0.39, 0.29) is 19.4 Å². The van der Waals surface area contributed by atoms with Crippen molar-refractivity contribution in [3.63, 3.8) is 0 Å². The molecule has 0 aliphatic carbocycles. The summed E-state index contributed by atoms with van der Waals surface area (Å²) in [6.07, 6.45) is -0.0912. The van der Waals surface area contributed by atoms with E-state index in [0.717, 1.165) is 4.90 Å². The Bertz CT molecular complexity index is 267.